The van der Waals surface area contributed by atoms with Crippen molar-refractivity contribution >= 4 is 16.8 Å². The molecule has 0 unspecified atom stereocenters. The maximum absolute atomic E-state index is 13.5. The van der Waals surface area contributed by atoms with E-state index in [1.165, 1.54) is 43.2 Å². The van der Waals surface area contributed by atoms with E-state index in [1.54, 1.807) is 0 Å². The van der Waals surface area contributed by atoms with Crippen LogP contribution in [-0.2, 0) is 10.3 Å². The first kappa shape index (κ1) is 21.4. The van der Waals surface area contributed by atoms with Crippen molar-refractivity contribution in [2.75, 3.05) is 13.2 Å². The number of carbonyl (C=O) groups excluding carboxylic acids is 1. The zero-order valence-corrected chi connectivity index (χ0v) is 19.8. The van der Waals surface area contributed by atoms with E-state index in [4.69, 9.17) is 9.84 Å². The Hall–Kier alpha value is -3.10. The molecule has 1 amide bonds. The van der Waals surface area contributed by atoms with Crippen LogP contribution in [0.25, 0.3) is 10.9 Å². The van der Waals surface area contributed by atoms with Gasteiger partial charge in [-0.1, -0.05) is 49.4 Å². The SMILES string of the molecule is CC#Cc1ccc(C(=O)NC2CCCCC2)c2c1cnn2C1(c2ccc(C3CC3)cc2)COC1. The van der Waals surface area contributed by atoms with Crippen molar-refractivity contribution in [3.63, 3.8) is 0 Å². The second kappa shape index (κ2) is 8.60. The Morgan fingerprint density at radius 2 is 1.82 bits per heavy atom. The number of nitrogens with zero attached hydrogens (tertiary/aromatic N) is 2. The van der Waals surface area contributed by atoms with E-state index in [0.717, 1.165) is 35.2 Å². The molecule has 1 saturated heterocycles. The Kier molecular flexibility index (Phi) is 5.42. The molecule has 1 aromatic heterocycles. The molecule has 0 spiro atoms. The minimum absolute atomic E-state index is 0.0193. The standard InChI is InChI=1S/C29H31N3O2/c1-2-6-22-13-16-25(28(33)31-24-7-4-3-5-8-24)27-26(22)17-30-32(27)29(18-34-19-29)23-14-11-21(12-15-23)20-9-10-20/h11-17,20,24H,3-5,7-10,18-19H2,1H3,(H,31,33). The number of aromatic nitrogens is 2. The van der Waals surface area contributed by atoms with Crippen molar-refractivity contribution in [2.45, 2.75) is 69.4 Å². The molecule has 3 aliphatic rings. The molecule has 2 aliphatic carbocycles. The summed E-state index contributed by atoms with van der Waals surface area (Å²) in [5, 5.41) is 9.08. The number of amides is 1. The second-order valence-electron chi connectivity index (χ2n) is 10.1. The molecule has 3 aromatic rings. The number of hydrogen-bond acceptors (Lipinski definition) is 3. The largest absolute Gasteiger partial charge is 0.375 e. The highest BCUT2D eigenvalue weighted by Crippen LogP contribution is 2.42. The monoisotopic (exact) mass is 453 g/mol. The molecular formula is C29H31N3O2. The molecule has 2 saturated carbocycles. The lowest BCUT2D eigenvalue weighted by Gasteiger charge is -2.42. The van der Waals surface area contributed by atoms with Crippen LogP contribution in [0.5, 0.6) is 0 Å². The summed E-state index contributed by atoms with van der Waals surface area (Å²) in [5.74, 6) is 6.91. The van der Waals surface area contributed by atoms with Crippen LogP contribution in [0.2, 0.25) is 0 Å². The molecule has 5 heteroatoms. The summed E-state index contributed by atoms with van der Waals surface area (Å²) >= 11 is 0. The van der Waals surface area contributed by atoms with Gasteiger partial charge in [0.05, 0.1) is 30.5 Å². The quantitative estimate of drug-likeness (QED) is 0.546. The average Bonchev–Trinajstić information content (AvgIpc) is 3.59. The van der Waals surface area contributed by atoms with Gasteiger partial charge in [-0.25, -0.2) is 4.68 Å². The molecule has 34 heavy (non-hydrogen) atoms. The zero-order valence-electron chi connectivity index (χ0n) is 19.8. The molecule has 2 aromatic carbocycles. The number of benzene rings is 2. The lowest BCUT2D eigenvalue weighted by atomic mass is 9.86. The highest BCUT2D eigenvalue weighted by molar-refractivity contribution is 6.07. The third-order valence-electron chi connectivity index (χ3n) is 7.76. The molecule has 5 nitrogen and oxygen atoms in total. The summed E-state index contributed by atoms with van der Waals surface area (Å²) in [7, 11) is 0. The molecule has 2 heterocycles. The van der Waals surface area contributed by atoms with Gasteiger partial charge >= 0.3 is 0 Å². The van der Waals surface area contributed by atoms with Crippen molar-refractivity contribution in [1.29, 1.82) is 0 Å². The van der Waals surface area contributed by atoms with Gasteiger partial charge in [0.15, 0.2) is 0 Å². The van der Waals surface area contributed by atoms with Crippen LogP contribution in [0.3, 0.4) is 0 Å². The topological polar surface area (TPSA) is 56.2 Å². The molecule has 1 aliphatic heterocycles. The highest BCUT2D eigenvalue weighted by Gasteiger charge is 2.45. The van der Waals surface area contributed by atoms with Gasteiger partial charge in [-0.2, -0.15) is 5.10 Å². The minimum Gasteiger partial charge on any atom is -0.375 e. The third kappa shape index (κ3) is 3.61. The molecule has 1 N–H and O–H groups in total. The zero-order chi connectivity index (χ0) is 23.1. The van der Waals surface area contributed by atoms with Crippen LogP contribution in [0.1, 0.15) is 84.8 Å². The van der Waals surface area contributed by atoms with Crippen LogP contribution >= 0.6 is 0 Å². The number of carbonyl (C=O) groups is 1. The van der Waals surface area contributed by atoms with Crippen molar-refractivity contribution in [1.82, 2.24) is 15.1 Å². The van der Waals surface area contributed by atoms with Crippen molar-refractivity contribution < 1.29 is 9.53 Å². The van der Waals surface area contributed by atoms with Crippen LogP contribution in [0.15, 0.2) is 42.6 Å². The van der Waals surface area contributed by atoms with E-state index < -0.39 is 5.54 Å². The fourth-order valence-electron chi connectivity index (χ4n) is 5.59. The van der Waals surface area contributed by atoms with Crippen molar-refractivity contribution in [2.24, 2.45) is 0 Å². The fourth-order valence-corrected chi connectivity index (χ4v) is 5.59. The summed E-state index contributed by atoms with van der Waals surface area (Å²) in [4.78, 5) is 13.5. The molecule has 3 fully saturated rings. The Morgan fingerprint density at radius 3 is 2.47 bits per heavy atom. The van der Waals surface area contributed by atoms with Gasteiger partial charge in [0.25, 0.3) is 5.91 Å². The number of fused-ring (bicyclic) bond motifs is 1. The number of ether oxygens (including phenoxy) is 1. The van der Waals surface area contributed by atoms with E-state index in [1.807, 2.05) is 29.9 Å². The normalized spacial score (nSPS) is 19.8. The lowest BCUT2D eigenvalue weighted by molar-refractivity contribution is -0.0799. The Labute approximate surface area is 200 Å². The van der Waals surface area contributed by atoms with Gasteiger partial charge in [-0.15, -0.1) is 5.92 Å². The highest BCUT2D eigenvalue weighted by atomic mass is 16.5. The first-order chi connectivity index (χ1) is 16.7. The maximum atomic E-state index is 13.5. The number of rotatable bonds is 5. The Bertz CT molecular complexity index is 1280. The third-order valence-corrected chi connectivity index (χ3v) is 7.76. The van der Waals surface area contributed by atoms with E-state index in [2.05, 4.69) is 41.4 Å². The summed E-state index contributed by atoms with van der Waals surface area (Å²) < 4.78 is 7.80. The van der Waals surface area contributed by atoms with Gasteiger partial charge in [0, 0.05) is 17.0 Å². The summed E-state index contributed by atoms with van der Waals surface area (Å²) in [6, 6.07) is 13.1. The van der Waals surface area contributed by atoms with Gasteiger partial charge in [0.2, 0.25) is 0 Å². The summed E-state index contributed by atoms with van der Waals surface area (Å²) in [5.41, 5.74) is 4.60. The molecule has 0 radical (unpaired) electrons. The molecule has 0 atom stereocenters. The van der Waals surface area contributed by atoms with E-state index in [9.17, 15) is 4.79 Å². The van der Waals surface area contributed by atoms with Gasteiger partial charge in [-0.3, -0.25) is 4.79 Å². The first-order valence-corrected chi connectivity index (χ1v) is 12.6. The average molecular weight is 454 g/mol. The van der Waals surface area contributed by atoms with Crippen molar-refractivity contribution in [3.05, 3.63) is 64.8 Å². The smallest absolute Gasteiger partial charge is 0.253 e. The number of nitrogens with one attached hydrogen (secondary N) is 1. The summed E-state index contributed by atoms with van der Waals surface area (Å²) in [6.45, 7) is 2.92. The van der Waals surface area contributed by atoms with E-state index >= 15 is 0 Å². The summed E-state index contributed by atoms with van der Waals surface area (Å²) in [6.07, 6.45) is 10.2. The van der Waals surface area contributed by atoms with Crippen LogP contribution in [0.4, 0.5) is 0 Å². The van der Waals surface area contributed by atoms with Crippen molar-refractivity contribution in [3.8, 4) is 11.8 Å². The number of hydrogen-bond donors (Lipinski definition) is 1. The lowest BCUT2D eigenvalue weighted by Crippen LogP contribution is -2.53. The molecule has 6 rings (SSSR count). The Morgan fingerprint density at radius 1 is 1.06 bits per heavy atom. The Balaban J connectivity index is 1.45. The first-order valence-electron chi connectivity index (χ1n) is 12.6. The van der Waals surface area contributed by atoms with Gasteiger partial charge in [0.1, 0.15) is 5.54 Å². The van der Waals surface area contributed by atoms with E-state index in [-0.39, 0.29) is 11.9 Å². The van der Waals surface area contributed by atoms with Crippen LogP contribution in [-0.4, -0.2) is 34.9 Å². The maximum Gasteiger partial charge on any atom is 0.253 e. The predicted octanol–water partition coefficient (Wildman–Crippen LogP) is 5.12. The predicted molar refractivity (Wildman–Crippen MR) is 133 cm³/mol. The fraction of sp³-hybridized carbons (Fsp3) is 0.448. The molecular weight excluding hydrogens is 422 g/mol. The van der Waals surface area contributed by atoms with Gasteiger partial charge < -0.3 is 10.1 Å². The van der Waals surface area contributed by atoms with E-state index in [0.29, 0.717) is 18.8 Å². The molecule has 174 valence electrons. The van der Waals surface area contributed by atoms with Crippen LogP contribution in [0, 0.1) is 11.8 Å². The second-order valence-corrected chi connectivity index (χ2v) is 10.1. The van der Waals surface area contributed by atoms with Gasteiger partial charge in [-0.05, 0) is 61.8 Å². The molecule has 0 bridgehead atoms. The minimum atomic E-state index is -0.415. The van der Waals surface area contributed by atoms with Crippen LogP contribution < -0.4 is 5.32 Å².